The Labute approximate surface area is 113 Å². The van der Waals surface area contributed by atoms with Crippen molar-refractivity contribution in [1.82, 2.24) is 9.88 Å². The molecule has 0 radical (unpaired) electrons. The van der Waals surface area contributed by atoms with Crippen molar-refractivity contribution in [1.29, 1.82) is 0 Å². The van der Waals surface area contributed by atoms with Gasteiger partial charge in [0.05, 0.1) is 0 Å². The molecule has 2 heterocycles. The van der Waals surface area contributed by atoms with Crippen LogP contribution >= 0.6 is 15.9 Å². The van der Waals surface area contributed by atoms with E-state index in [2.05, 4.69) is 45.7 Å². The number of hydrogen-bond acceptors (Lipinski definition) is 2. The molecule has 0 spiro atoms. The minimum absolute atomic E-state index is 0.550. The Balaban J connectivity index is 2.19. The average molecular weight is 297 g/mol. The summed E-state index contributed by atoms with van der Waals surface area (Å²) in [5, 5.41) is 0. The first kappa shape index (κ1) is 13.0. The molecule has 1 aromatic heterocycles. The van der Waals surface area contributed by atoms with Crippen LogP contribution in [0.15, 0.2) is 22.9 Å². The van der Waals surface area contributed by atoms with Gasteiger partial charge >= 0.3 is 0 Å². The number of hydrogen-bond donors (Lipinski definition) is 0. The molecule has 1 saturated heterocycles. The van der Waals surface area contributed by atoms with Gasteiger partial charge < -0.3 is 0 Å². The van der Waals surface area contributed by atoms with Crippen molar-refractivity contribution in [3.05, 3.63) is 28.5 Å². The van der Waals surface area contributed by atoms with E-state index < -0.39 is 0 Å². The molecule has 2 rings (SSSR count). The first-order chi connectivity index (χ1) is 8.18. The second-order valence-electron chi connectivity index (χ2n) is 5.28. The molecular formula is C14H21BrN2. The van der Waals surface area contributed by atoms with Gasteiger partial charge in [0.25, 0.3) is 0 Å². The Kier molecular flexibility index (Phi) is 4.57. The summed E-state index contributed by atoms with van der Waals surface area (Å²) in [6.45, 7) is 7.00. The van der Waals surface area contributed by atoms with Crippen molar-refractivity contribution < 1.29 is 0 Å². The van der Waals surface area contributed by atoms with Gasteiger partial charge in [-0.15, -0.1) is 0 Å². The third kappa shape index (κ3) is 3.29. The van der Waals surface area contributed by atoms with Gasteiger partial charge in [0.1, 0.15) is 4.60 Å². The lowest BCUT2D eigenvalue weighted by Gasteiger charge is -2.37. The fourth-order valence-corrected chi connectivity index (χ4v) is 3.19. The summed E-state index contributed by atoms with van der Waals surface area (Å²) in [6.07, 6.45) is 5.78. The van der Waals surface area contributed by atoms with Gasteiger partial charge in [0, 0.05) is 24.3 Å². The van der Waals surface area contributed by atoms with E-state index >= 15 is 0 Å². The molecule has 1 fully saturated rings. The highest BCUT2D eigenvalue weighted by Crippen LogP contribution is 2.34. The molecule has 1 aliphatic rings. The van der Waals surface area contributed by atoms with E-state index in [9.17, 15) is 0 Å². The molecule has 1 aliphatic heterocycles. The van der Waals surface area contributed by atoms with Crippen LogP contribution in [-0.4, -0.2) is 23.0 Å². The minimum atomic E-state index is 0.550. The molecule has 0 saturated carbocycles. The Morgan fingerprint density at radius 2 is 2.29 bits per heavy atom. The van der Waals surface area contributed by atoms with Crippen LogP contribution in [0.25, 0.3) is 0 Å². The fourth-order valence-electron chi connectivity index (χ4n) is 2.68. The summed E-state index contributed by atoms with van der Waals surface area (Å²) in [4.78, 5) is 6.98. The van der Waals surface area contributed by atoms with Crippen LogP contribution in [0.4, 0.5) is 0 Å². The Hall–Kier alpha value is -0.410. The van der Waals surface area contributed by atoms with E-state index in [4.69, 9.17) is 0 Å². The van der Waals surface area contributed by atoms with Gasteiger partial charge in [-0.25, -0.2) is 4.98 Å². The van der Waals surface area contributed by atoms with E-state index in [1.807, 2.05) is 12.3 Å². The van der Waals surface area contributed by atoms with Gasteiger partial charge in [-0.2, -0.15) is 0 Å². The van der Waals surface area contributed by atoms with Crippen LogP contribution in [0.5, 0.6) is 0 Å². The normalized spacial score (nSPS) is 22.0. The lowest BCUT2D eigenvalue weighted by atomic mass is 9.95. The molecule has 94 valence electrons. The largest absolute Gasteiger partial charge is 0.296 e. The number of likely N-dealkylation sites (tertiary alicyclic amines) is 1. The second kappa shape index (κ2) is 5.96. The first-order valence-corrected chi connectivity index (χ1v) is 7.32. The standard InChI is InChI=1S/C14H21BrN2/c1-11(2)10-17-9-4-3-7-13(17)12-6-5-8-16-14(12)15/h5-6,8,11,13H,3-4,7,9-10H2,1-2H3. The van der Waals surface area contributed by atoms with Crippen molar-refractivity contribution in [2.45, 2.75) is 39.2 Å². The number of aromatic nitrogens is 1. The zero-order chi connectivity index (χ0) is 12.3. The van der Waals surface area contributed by atoms with Crippen LogP contribution < -0.4 is 0 Å². The summed E-state index contributed by atoms with van der Waals surface area (Å²) < 4.78 is 1.01. The predicted molar refractivity (Wildman–Crippen MR) is 74.9 cm³/mol. The highest BCUT2D eigenvalue weighted by Gasteiger charge is 2.25. The Morgan fingerprint density at radius 1 is 1.47 bits per heavy atom. The SMILES string of the molecule is CC(C)CN1CCCCC1c1cccnc1Br. The molecule has 2 nitrogen and oxygen atoms in total. The molecule has 0 N–H and O–H groups in total. The number of piperidine rings is 1. The zero-order valence-corrected chi connectivity index (χ0v) is 12.3. The summed E-state index contributed by atoms with van der Waals surface area (Å²) in [7, 11) is 0. The topological polar surface area (TPSA) is 16.1 Å². The monoisotopic (exact) mass is 296 g/mol. The van der Waals surface area contributed by atoms with Crippen LogP contribution in [0.2, 0.25) is 0 Å². The smallest absolute Gasteiger partial charge is 0.110 e. The Bertz CT molecular complexity index is 365. The van der Waals surface area contributed by atoms with Gasteiger partial charge in [-0.05, 0) is 47.3 Å². The second-order valence-corrected chi connectivity index (χ2v) is 6.03. The van der Waals surface area contributed by atoms with Gasteiger partial charge in [0.2, 0.25) is 0 Å². The maximum absolute atomic E-state index is 4.36. The number of nitrogens with zero attached hydrogens (tertiary/aromatic N) is 2. The van der Waals surface area contributed by atoms with Crippen molar-refractivity contribution >= 4 is 15.9 Å². The molecule has 3 heteroatoms. The summed E-state index contributed by atoms with van der Waals surface area (Å²) >= 11 is 3.59. The van der Waals surface area contributed by atoms with E-state index in [1.54, 1.807) is 0 Å². The molecule has 1 unspecified atom stereocenters. The number of pyridine rings is 1. The van der Waals surface area contributed by atoms with Crippen LogP contribution in [0.3, 0.4) is 0 Å². The lowest BCUT2D eigenvalue weighted by molar-refractivity contribution is 0.131. The molecule has 0 amide bonds. The summed E-state index contributed by atoms with van der Waals surface area (Å²) in [6, 6.07) is 4.80. The maximum atomic E-state index is 4.36. The quantitative estimate of drug-likeness (QED) is 0.783. The fraction of sp³-hybridized carbons (Fsp3) is 0.643. The summed E-state index contributed by atoms with van der Waals surface area (Å²) in [5.74, 6) is 0.728. The van der Waals surface area contributed by atoms with Gasteiger partial charge in [-0.3, -0.25) is 4.90 Å². The van der Waals surface area contributed by atoms with Crippen molar-refractivity contribution in [2.24, 2.45) is 5.92 Å². The third-order valence-corrected chi connectivity index (χ3v) is 4.02. The number of halogens is 1. The van der Waals surface area contributed by atoms with E-state index in [0.29, 0.717) is 6.04 Å². The molecule has 1 atom stereocenters. The highest BCUT2D eigenvalue weighted by atomic mass is 79.9. The van der Waals surface area contributed by atoms with E-state index in [-0.39, 0.29) is 0 Å². The van der Waals surface area contributed by atoms with Crippen LogP contribution in [-0.2, 0) is 0 Å². The van der Waals surface area contributed by atoms with E-state index in [1.165, 1.54) is 37.9 Å². The maximum Gasteiger partial charge on any atom is 0.110 e. The number of rotatable bonds is 3. The van der Waals surface area contributed by atoms with E-state index in [0.717, 1.165) is 10.5 Å². The molecular weight excluding hydrogens is 276 g/mol. The van der Waals surface area contributed by atoms with Crippen molar-refractivity contribution in [3.63, 3.8) is 0 Å². The molecule has 0 aliphatic carbocycles. The molecule has 1 aromatic rings. The first-order valence-electron chi connectivity index (χ1n) is 6.53. The van der Waals surface area contributed by atoms with Gasteiger partial charge in [-0.1, -0.05) is 26.3 Å². The molecule has 0 aromatic carbocycles. The highest BCUT2D eigenvalue weighted by molar-refractivity contribution is 9.10. The van der Waals surface area contributed by atoms with Crippen molar-refractivity contribution in [2.75, 3.05) is 13.1 Å². The minimum Gasteiger partial charge on any atom is -0.296 e. The average Bonchev–Trinajstić information content (AvgIpc) is 2.30. The van der Waals surface area contributed by atoms with Crippen LogP contribution in [0, 0.1) is 5.92 Å². The third-order valence-electron chi connectivity index (χ3n) is 3.36. The lowest BCUT2D eigenvalue weighted by Crippen LogP contribution is -2.36. The van der Waals surface area contributed by atoms with Gasteiger partial charge in [0.15, 0.2) is 0 Å². The van der Waals surface area contributed by atoms with Crippen LogP contribution in [0.1, 0.15) is 44.7 Å². The zero-order valence-electron chi connectivity index (χ0n) is 10.7. The summed E-state index contributed by atoms with van der Waals surface area (Å²) in [5.41, 5.74) is 1.35. The van der Waals surface area contributed by atoms with Crippen molar-refractivity contribution in [3.8, 4) is 0 Å². The molecule has 0 bridgehead atoms. The Morgan fingerprint density at radius 3 is 3.00 bits per heavy atom. The predicted octanol–water partition coefficient (Wildman–Crippen LogP) is 4.03. The molecule has 17 heavy (non-hydrogen) atoms.